The fourth-order valence-electron chi connectivity index (χ4n) is 6.27. The summed E-state index contributed by atoms with van der Waals surface area (Å²) in [4.78, 5) is 2.33. The summed E-state index contributed by atoms with van der Waals surface area (Å²) in [7, 11) is -1.63. The first-order chi connectivity index (χ1) is 16.8. The highest BCUT2D eigenvalue weighted by atomic mass is 32.2. The standard InChI is InChI=1S/C27H38N4O3S/c1-19-7-6-8-23(20(19)2)21-9-11-22(12-10-21)27-24-17-30(15-4-5-16-31(24)25(27)18-32)35(33,34)26-13-14-28-29(26)3/h6-12,24-28,32H,4-5,13-18H2,1-3H3. The van der Waals surface area contributed by atoms with Gasteiger partial charge in [-0.05, 0) is 67.5 Å². The van der Waals surface area contributed by atoms with Crippen LogP contribution in [0.1, 0.15) is 41.9 Å². The molecule has 3 fully saturated rings. The Morgan fingerprint density at radius 3 is 2.49 bits per heavy atom. The third-order valence-corrected chi connectivity index (χ3v) is 10.7. The maximum atomic E-state index is 13.6. The molecule has 0 bridgehead atoms. The maximum absolute atomic E-state index is 13.6. The molecule has 35 heavy (non-hydrogen) atoms. The van der Waals surface area contributed by atoms with Crippen molar-refractivity contribution < 1.29 is 13.5 Å². The van der Waals surface area contributed by atoms with Crippen molar-refractivity contribution in [3.05, 3.63) is 59.2 Å². The van der Waals surface area contributed by atoms with Crippen molar-refractivity contribution >= 4 is 10.0 Å². The average Bonchev–Trinajstić information content (AvgIpc) is 3.27. The largest absolute Gasteiger partial charge is 0.395 e. The van der Waals surface area contributed by atoms with E-state index in [9.17, 15) is 13.5 Å². The summed E-state index contributed by atoms with van der Waals surface area (Å²) in [6.45, 7) is 7.02. The van der Waals surface area contributed by atoms with E-state index < -0.39 is 15.4 Å². The number of rotatable bonds is 5. The summed E-state index contributed by atoms with van der Waals surface area (Å²) >= 11 is 0. The van der Waals surface area contributed by atoms with E-state index >= 15 is 0 Å². The summed E-state index contributed by atoms with van der Waals surface area (Å²) in [5.41, 5.74) is 9.31. The first-order valence-electron chi connectivity index (χ1n) is 12.8. The van der Waals surface area contributed by atoms with Gasteiger partial charge in [-0.15, -0.1) is 0 Å². The number of nitrogens with zero attached hydrogens (tertiary/aromatic N) is 3. The number of sulfonamides is 1. The van der Waals surface area contributed by atoms with E-state index in [-0.39, 0.29) is 24.6 Å². The second kappa shape index (κ2) is 9.92. The Morgan fingerprint density at radius 1 is 1.06 bits per heavy atom. The van der Waals surface area contributed by atoms with Crippen molar-refractivity contribution in [2.24, 2.45) is 0 Å². The molecule has 190 valence electrons. The summed E-state index contributed by atoms with van der Waals surface area (Å²) in [5.74, 6) is 0.114. The molecule has 8 heteroatoms. The van der Waals surface area contributed by atoms with Crippen LogP contribution in [-0.2, 0) is 10.0 Å². The van der Waals surface area contributed by atoms with Crippen LogP contribution in [-0.4, -0.2) is 85.0 Å². The number of aliphatic hydroxyl groups excluding tert-OH is 1. The van der Waals surface area contributed by atoms with Crippen molar-refractivity contribution in [2.75, 3.05) is 39.8 Å². The minimum atomic E-state index is -3.45. The van der Waals surface area contributed by atoms with Gasteiger partial charge in [-0.1, -0.05) is 42.5 Å². The third-order valence-electron chi connectivity index (χ3n) is 8.43. The van der Waals surface area contributed by atoms with E-state index in [1.807, 2.05) is 7.05 Å². The van der Waals surface area contributed by atoms with Crippen molar-refractivity contribution in [3.8, 4) is 11.1 Å². The lowest BCUT2D eigenvalue weighted by atomic mass is 9.74. The fraction of sp³-hybridized carbons (Fsp3) is 0.556. The molecule has 0 aromatic heterocycles. The second-order valence-corrected chi connectivity index (χ2v) is 12.4. The van der Waals surface area contributed by atoms with Crippen LogP contribution >= 0.6 is 0 Å². The van der Waals surface area contributed by atoms with Crippen LogP contribution in [0.5, 0.6) is 0 Å². The molecule has 0 radical (unpaired) electrons. The zero-order valence-electron chi connectivity index (χ0n) is 21.0. The van der Waals surface area contributed by atoms with E-state index in [0.29, 0.717) is 26.1 Å². The molecular formula is C27H38N4O3S. The van der Waals surface area contributed by atoms with Gasteiger partial charge in [0.15, 0.2) is 0 Å². The molecule has 3 aliphatic rings. The van der Waals surface area contributed by atoms with Gasteiger partial charge < -0.3 is 5.11 Å². The summed E-state index contributed by atoms with van der Waals surface area (Å²) in [6.07, 6.45) is 2.39. The lowest BCUT2D eigenvalue weighted by Gasteiger charge is -2.57. The highest BCUT2D eigenvalue weighted by Gasteiger charge is 2.51. The average molecular weight is 499 g/mol. The molecule has 7 nitrogen and oxygen atoms in total. The second-order valence-electron chi connectivity index (χ2n) is 10.3. The number of hydrazine groups is 1. The van der Waals surface area contributed by atoms with Gasteiger partial charge in [0.25, 0.3) is 0 Å². The van der Waals surface area contributed by atoms with Crippen LogP contribution < -0.4 is 5.43 Å². The van der Waals surface area contributed by atoms with Gasteiger partial charge in [-0.25, -0.2) is 13.4 Å². The molecule has 0 aliphatic carbocycles. The predicted octanol–water partition coefficient (Wildman–Crippen LogP) is 2.69. The molecule has 4 unspecified atom stereocenters. The van der Waals surface area contributed by atoms with Crippen LogP contribution in [0.25, 0.3) is 11.1 Å². The van der Waals surface area contributed by atoms with Crippen LogP contribution in [0.2, 0.25) is 0 Å². The molecule has 0 amide bonds. The Kier molecular flexibility index (Phi) is 7.05. The Labute approximate surface area is 209 Å². The number of aryl methyl sites for hydroxylation is 1. The van der Waals surface area contributed by atoms with E-state index in [2.05, 4.69) is 66.6 Å². The SMILES string of the molecule is Cc1cccc(-c2ccc(C3C(CO)N4CCCCN(S(=O)(=O)C5CCNN5C)CC34)cc2)c1C. The molecule has 0 saturated carbocycles. The lowest BCUT2D eigenvalue weighted by Crippen LogP contribution is -2.68. The highest BCUT2D eigenvalue weighted by Crippen LogP contribution is 2.43. The number of hydrogen-bond donors (Lipinski definition) is 2. The zero-order valence-corrected chi connectivity index (χ0v) is 21.8. The van der Waals surface area contributed by atoms with Crippen LogP contribution in [0.4, 0.5) is 0 Å². The summed E-state index contributed by atoms with van der Waals surface area (Å²) < 4.78 is 28.9. The van der Waals surface area contributed by atoms with E-state index in [0.717, 1.165) is 19.4 Å². The first-order valence-corrected chi connectivity index (χ1v) is 14.3. The first kappa shape index (κ1) is 24.9. The highest BCUT2D eigenvalue weighted by molar-refractivity contribution is 7.89. The van der Waals surface area contributed by atoms with Crippen molar-refractivity contribution in [1.29, 1.82) is 0 Å². The minimum absolute atomic E-state index is 0.0324. The van der Waals surface area contributed by atoms with E-state index in [1.165, 1.54) is 27.8 Å². The zero-order chi connectivity index (χ0) is 24.7. The topological polar surface area (TPSA) is 76.1 Å². The lowest BCUT2D eigenvalue weighted by molar-refractivity contribution is -0.0555. The van der Waals surface area contributed by atoms with Gasteiger partial charge in [0.05, 0.1) is 6.61 Å². The molecule has 2 aromatic rings. The fourth-order valence-corrected chi connectivity index (χ4v) is 8.25. The Bertz CT molecular complexity index is 1150. The van der Waals surface area contributed by atoms with Crippen LogP contribution in [0.15, 0.2) is 42.5 Å². The maximum Gasteiger partial charge on any atom is 0.231 e. The monoisotopic (exact) mass is 498 g/mol. The molecule has 2 aromatic carbocycles. The molecule has 4 atom stereocenters. The Hall–Kier alpha value is -1.81. The normalized spacial score (nSPS) is 28.8. The summed E-state index contributed by atoms with van der Waals surface area (Å²) in [6, 6.07) is 15.2. The van der Waals surface area contributed by atoms with Gasteiger partial charge >= 0.3 is 0 Å². The number of nitrogens with one attached hydrogen (secondary N) is 1. The van der Waals surface area contributed by atoms with Gasteiger partial charge in [-0.2, -0.15) is 4.31 Å². The Morgan fingerprint density at radius 2 is 1.80 bits per heavy atom. The van der Waals surface area contributed by atoms with Crippen LogP contribution in [0, 0.1) is 13.8 Å². The number of benzene rings is 2. The predicted molar refractivity (Wildman–Crippen MR) is 139 cm³/mol. The Balaban J connectivity index is 1.41. The third kappa shape index (κ3) is 4.45. The molecule has 5 rings (SSSR count). The molecule has 3 heterocycles. The molecular weight excluding hydrogens is 460 g/mol. The number of fused-ring (bicyclic) bond motifs is 1. The minimum Gasteiger partial charge on any atom is -0.395 e. The molecule has 2 N–H and O–H groups in total. The van der Waals surface area contributed by atoms with Crippen molar-refractivity contribution in [1.82, 2.24) is 19.6 Å². The van der Waals surface area contributed by atoms with Crippen molar-refractivity contribution in [2.45, 2.75) is 56.5 Å². The van der Waals surface area contributed by atoms with E-state index in [1.54, 1.807) is 9.31 Å². The molecule has 0 spiro atoms. The van der Waals surface area contributed by atoms with Gasteiger partial charge in [0.1, 0.15) is 5.37 Å². The molecule has 3 saturated heterocycles. The smallest absolute Gasteiger partial charge is 0.231 e. The van der Waals surface area contributed by atoms with E-state index in [4.69, 9.17) is 0 Å². The van der Waals surface area contributed by atoms with Gasteiger partial charge in [0, 0.05) is 44.7 Å². The number of hydrogen-bond acceptors (Lipinski definition) is 6. The van der Waals surface area contributed by atoms with Gasteiger partial charge in [-0.3, -0.25) is 10.3 Å². The van der Waals surface area contributed by atoms with Crippen molar-refractivity contribution in [3.63, 3.8) is 0 Å². The van der Waals surface area contributed by atoms with Gasteiger partial charge in [0.2, 0.25) is 10.0 Å². The number of aliphatic hydroxyl groups is 1. The molecule has 3 aliphatic heterocycles. The quantitative estimate of drug-likeness (QED) is 0.660. The van der Waals surface area contributed by atoms with Crippen LogP contribution in [0.3, 0.4) is 0 Å². The summed E-state index contributed by atoms with van der Waals surface area (Å²) in [5, 5.41) is 11.5.